The number of rotatable bonds is 6. The fraction of sp³-hybridized carbons (Fsp3) is 0.400. The van der Waals surface area contributed by atoms with Crippen LogP contribution in [0.3, 0.4) is 0 Å². The maximum atomic E-state index is 12.6. The van der Waals surface area contributed by atoms with Gasteiger partial charge in [0.1, 0.15) is 12.3 Å². The van der Waals surface area contributed by atoms with Crippen molar-refractivity contribution in [3.63, 3.8) is 0 Å². The van der Waals surface area contributed by atoms with E-state index < -0.39 is 5.97 Å². The Morgan fingerprint density at radius 2 is 1.96 bits per heavy atom. The Morgan fingerprint density at radius 1 is 1.20 bits per heavy atom. The van der Waals surface area contributed by atoms with Crippen molar-refractivity contribution in [3.05, 3.63) is 58.4 Å². The molecule has 1 N–H and O–H groups in total. The Kier molecular flexibility index (Phi) is 5.34. The van der Waals surface area contributed by atoms with Crippen LogP contribution in [0.1, 0.15) is 56.9 Å². The van der Waals surface area contributed by atoms with Gasteiger partial charge >= 0.3 is 5.97 Å². The maximum Gasteiger partial charge on any atom is 0.355 e. The third-order valence-corrected chi connectivity index (χ3v) is 4.63. The summed E-state index contributed by atoms with van der Waals surface area (Å²) in [6, 6.07) is 10.0. The highest BCUT2D eigenvalue weighted by molar-refractivity contribution is 6.03. The van der Waals surface area contributed by atoms with Gasteiger partial charge in [-0.05, 0) is 37.3 Å². The molecule has 0 spiro atoms. The van der Waals surface area contributed by atoms with Crippen molar-refractivity contribution in [3.8, 4) is 0 Å². The van der Waals surface area contributed by atoms with E-state index in [1.807, 2.05) is 37.3 Å². The molecule has 0 unspecified atom stereocenters. The van der Waals surface area contributed by atoms with E-state index in [0.29, 0.717) is 36.5 Å². The number of benzene rings is 1. The number of aromatic amines is 1. The van der Waals surface area contributed by atoms with Crippen molar-refractivity contribution < 1.29 is 19.1 Å². The third-order valence-electron chi connectivity index (χ3n) is 4.63. The number of H-pyrrole nitrogens is 1. The van der Waals surface area contributed by atoms with Gasteiger partial charge in [-0.15, -0.1) is 0 Å². The van der Waals surface area contributed by atoms with E-state index >= 15 is 0 Å². The molecule has 1 aromatic carbocycles. The van der Waals surface area contributed by atoms with Crippen molar-refractivity contribution in [2.45, 2.75) is 32.6 Å². The molecule has 0 aliphatic heterocycles. The minimum Gasteiger partial charge on any atom is -0.459 e. The highest BCUT2D eigenvalue weighted by Gasteiger charge is 2.32. The average Bonchev–Trinajstić information content (AvgIpc) is 2.96. The summed E-state index contributed by atoms with van der Waals surface area (Å²) >= 11 is 0. The number of esters is 1. The van der Waals surface area contributed by atoms with Crippen molar-refractivity contribution in [1.29, 1.82) is 0 Å². The molecule has 0 saturated heterocycles. The number of fused-ring (bicyclic) bond motifs is 1. The van der Waals surface area contributed by atoms with Gasteiger partial charge in [0.2, 0.25) is 0 Å². The van der Waals surface area contributed by atoms with Gasteiger partial charge in [0.05, 0.1) is 6.61 Å². The number of Topliss-reactive ketones (excluding diaryl/α,β-unsaturated/α-hetero) is 1. The Morgan fingerprint density at radius 3 is 2.68 bits per heavy atom. The van der Waals surface area contributed by atoms with Crippen LogP contribution in [0, 0.1) is 6.92 Å². The summed E-state index contributed by atoms with van der Waals surface area (Å²) in [7, 11) is 0. The quantitative estimate of drug-likeness (QED) is 0.646. The topological polar surface area (TPSA) is 68.4 Å². The summed E-state index contributed by atoms with van der Waals surface area (Å²) < 4.78 is 10.4. The first-order valence-electron chi connectivity index (χ1n) is 8.66. The Hall–Kier alpha value is -2.40. The van der Waals surface area contributed by atoms with Crippen molar-refractivity contribution in [1.82, 2.24) is 4.98 Å². The summed E-state index contributed by atoms with van der Waals surface area (Å²) in [6.45, 7) is 4.85. The molecule has 1 aliphatic rings. The molecular weight excluding hydrogens is 318 g/mol. The van der Waals surface area contributed by atoms with Gasteiger partial charge in [-0.2, -0.15) is 0 Å². The molecule has 1 aliphatic carbocycles. The molecule has 3 rings (SSSR count). The summed E-state index contributed by atoms with van der Waals surface area (Å²) in [5.41, 5.74) is 3.70. The van der Waals surface area contributed by atoms with E-state index in [1.165, 1.54) is 0 Å². The van der Waals surface area contributed by atoms with Crippen molar-refractivity contribution in [2.24, 2.45) is 0 Å². The standard InChI is InChI=1S/C20H23NO4/c1-3-24-9-10-25-20(23)19-13(2)18-16(21-19)11-15(12-17(18)22)14-7-5-4-6-8-14/h4-8,15,21H,3,9-12H2,1-2H3/t15-/m1/s1. The van der Waals surface area contributed by atoms with E-state index in [0.717, 1.165) is 17.7 Å². The fourth-order valence-electron chi connectivity index (χ4n) is 3.41. The lowest BCUT2D eigenvalue weighted by Gasteiger charge is -2.22. The molecule has 132 valence electrons. The second-order valence-corrected chi connectivity index (χ2v) is 6.25. The molecule has 5 heteroatoms. The zero-order valence-electron chi connectivity index (χ0n) is 14.6. The van der Waals surface area contributed by atoms with Crippen LogP contribution in [-0.4, -0.2) is 36.6 Å². The van der Waals surface area contributed by atoms with Crippen LogP contribution in [0.2, 0.25) is 0 Å². The van der Waals surface area contributed by atoms with Gasteiger partial charge in [-0.25, -0.2) is 4.79 Å². The van der Waals surface area contributed by atoms with Crippen LogP contribution in [-0.2, 0) is 15.9 Å². The average molecular weight is 341 g/mol. The van der Waals surface area contributed by atoms with Crippen LogP contribution >= 0.6 is 0 Å². The molecule has 1 heterocycles. The minimum absolute atomic E-state index is 0.0808. The smallest absolute Gasteiger partial charge is 0.355 e. The highest BCUT2D eigenvalue weighted by Crippen LogP contribution is 2.35. The zero-order chi connectivity index (χ0) is 17.8. The summed E-state index contributed by atoms with van der Waals surface area (Å²) in [4.78, 5) is 28.1. The van der Waals surface area contributed by atoms with Gasteiger partial charge < -0.3 is 14.5 Å². The number of aromatic nitrogens is 1. The second kappa shape index (κ2) is 7.66. The number of carbonyl (C=O) groups is 2. The van der Waals surface area contributed by atoms with Gasteiger partial charge in [-0.3, -0.25) is 4.79 Å². The molecule has 1 aromatic heterocycles. The fourth-order valence-corrected chi connectivity index (χ4v) is 3.41. The van der Waals surface area contributed by atoms with E-state index in [2.05, 4.69) is 4.98 Å². The van der Waals surface area contributed by atoms with Gasteiger partial charge in [0.15, 0.2) is 5.78 Å². The number of hydrogen-bond donors (Lipinski definition) is 1. The Bertz CT molecular complexity index is 764. The van der Waals surface area contributed by atoms with Crippen LogP contribution in [0.25, 0.3) is 0 Å². The zero-order valence-corrected chi connectivity index (χ0v) is 14.6. The van der Waals surface area contributed by atoms with Crippen molar-refractivity contribution >= 4 is 11.8 Å². The minimum atomic E-state index is -0.435. The molecular formula is C20H23NO4. The lowest BCUT2D eigenvalue weighted by molar-refractivity contribution is 0.0329. The summed E-state index contributed by atoms with van der Waals surface area (Å²) in [5, 5.41) is 0. The number of ether oxygens (including phenoxy) is 2. The molecule has 5 nitrogen and oxygen atoms in total. The van der Waals surface area contributed by atoms with E-state index in [9.17, 15) is 9.59 Å². The predicted octanol–water partition coefficient (Wildman–Crippen LogP) is 3.43. The monoisotopic (exact) mass is 341 g/mol. The van der Waals surface area contributed by atoms with Crippen LogP contribution in [0.15, 0.2) is 30.3 Å². The van der Waals surface area contributed by atoms with E-state index in [4.69, 9.17) is 9.47 Å². The SMILES string of the molecule is CCOCCOC(=O)c1[nH]c2c(c1C)C(=O)C[C@H](c1ccccc1)C2. The normalized spacial score (nSPS) is 16.6. The molecule has 0 fully saturated rings. The second-order valence-electron chi connectivity index (χ2n) is 6.25. The molecule has 0 radical (unpaired) electrons. The van der Waals surface area contributed by atoms with Crippen LogP contribution in [0.4, 0.5) is 0 Å². The number of carbonyl (C=O) groups excluding carboxylic acids is 2. The molecule has 0 amide bonds. The number of hydrogen-bond acceptors (Lipinski definition) is 4. The molecule has 0 saturated carbocycles. The number of ketones is 1. The van der Waals surface area contributed by atoms with Gasteiger partial charge in [0, 0.05) is 24.3 Å². The lowest BCUT2D eigenvalue weighted by atomic mass is 9.81. The first kappa shape index (κ1) is 17.4. The summed E-state index contributed by atoms with van der Waals surface area (Å²) in [5.74, 6) is -0.214. The maximum absolute atomic E-state index is 12.6. The molecule has 2 aromatic rings. The van der Waals surface area contributed by atoms with Crippen LogP contribution < -0.4 is 0 Å². The van der Waals surface area contributed by atoms with E-state index in [1.54, 1.807) is 6.92 Å². The summed E-state index contributed by atoms with van der Waals surface area (Å²) in [6.07, 6.45) is 1.19. The van der Waals surface area contributed by atoms with Gasteiger partial charge in [0.25, 0.3) is 0 Å². The van der Waals surface area contributed by atoms with Gasteiger partial charge in [-0.1, -0.05) is 30.3 Å². The Labute approximate surface area is 147 Å². The number of nitrogens with one attached hydrogen (secondary N) is 1. The third kappa shape index (κ3) is 3.66. The highest BCUT2D eigenvalue weighted by atomic mass is 16.6. The lowest BCUT2D eigenvalue weighted by Crippen LogP contribution is -2.18. The predicted molar refractivity (Wildman–Crippen MR) is 94.1 cm³/mol. The van der Waals surface area contributed by atoms with Crippen LogP contribution in [0.5, 0.6) is 0 Å². The Balaban J connectivity index is 1.78. The van der Waals surface area contributed by atoms with Crippen molar-refractivity contribution in [2.75, 3.05) is 19.8 Å². The first-order chi connectivity index (χ1) is 12.1. The molecule has 1 atom stereocenters. The largest absolute Gasteiger partial charge is 0.459 e. The first-order valence-corrected chi connectivity index (χ1v) is 8.66. The van der Waals surface area contributed by atoms with E-state index in [-0.39, 0.29) is 18.3 Å². The molecule has 0 bridgehead atoms. The molecule has 25 heavy (non-hydrogen) atoms.